The fourth-order valence-electron chi connectivity index (χ4n) is 3.19. The molecule has 1 amide bonds. The first-order valence-corrected chi connectivity index (χ1v) is 9.78. The molecule has 2 aromatic carbocycles. The van der Waals surface area contributed by atoms with Crippen molar-refractivity contribution in [3.05, 3.63) is 59.9 Å². The first kappa shape index (κ1) is 22.5. The average molecular weight is 435 g/mol. The van der Waals surface area contributed by atoms with Crippen LogP contribution in [0.4, 0.5) is 13.2 Å². The Labute approximate surface area is 178 Å². The summed E-state index contributed by atoms with van der Waals surface area (Å²) in [4.78, 5) is 14.3. The smallest absolute Gasteiger partial charge is 0.422 e. The predicted octanol–water partition coefficient (Wildman–Crippen LogP) is 5.53. The maximum absolute atomic E-state index is 12.7. The van der Waals surface area contributed by atoms with E-state index in [1.165, 1.54) is 13.2 Å². The van der Waals surface area contributed by atoms with Gasteiger partial charge in [0.15, 0.2) is 18.1 Å². The largest absolute Gasteiger partial charge is 0.493 e. The molecule has 0 aliphatic rings. The van der Waals surface area contributed by atoms with Crippen LogP contribution in [-0.2, 0) is 11.2 Å². The number of fused-ring (bicyclic) bond motifs is 1. The van der Waals surface area contributed by atoms with Gasteiger partial charge in [0.1, 0.15) is 11.3 Å². The van der Waals surface area contributed by atoms with Crippen LogP contribution in [0.25, 0.3) is 11.0 Å². The van der Waals surface area contributed by atoms with Gasteiger partial charge in [0, 0.05) is 18.9 Å². The van der Waals surface area contributed by atoms with Crippen molar-refractivity contribution in [2.45, 2.75) is 32.0 Å². The van der Waals surface area contributed by atoms with Gasteiger partial charge in [-0.15, -0.1) is 0 Å². The molecule has 1 aromatic heterocycles. The lowest BCUT2D eigenvalue weighted by molar-refractivity contribution is -0.153. The number of halogens is 3. The molecule has 0 spiro atoms. The molecule has 3 rings (SSSR count). The number of carbonyl (C=O) groups is 1. The summed E-state index contributed by atoms with van der Waals surface area (Å²) in [5.41, 5.74) is 1.53. The number of rotatable bonds is 8. The molecule has 3 aromatic rings. The molecule has 1 atom stereocenters. The van der Waals surface area contributed by atoms with Gasteiger partial charge in [-0.1, -0.05) is 24.3 Å². The van der Waals surface area contributed by atoms with Gasteiger partial charge in [-0.05, 0) is 43.2 Å². The SMILES string of the molecule is COc1cc(CCC(=O)N(C)C(C)c2cc3ccccc3o2)ccc1OCC(F)(F)F. The van der Waals surface area contributed by atoms with E-state index in [1.54, 1.807) is 24.1 Å². The van der Waals surface area contributed by atoms with Gasteiger partial charge in [0.05, 0.1) is 13.2 Å². The molecule has 5 nitrogen and oxygen atoms in total. The second kappa shape index (κ2) is 9.32. The van der Waals surface area contributed by atoms with Gasteiger partial charge < -0.3 is 18.8 Å². The summed E-state index contributed by atoms with van der Waals surface area (Å²) in [7, 11) is 3.07. The van der Waals surface area contributed by atoms with Gasteiger partial charge in [-0.3, -0.25) is 4.79 Å². The molecule has 166 valence electrons. The van der Waals surface area contributed by atoms with Crippen molar-refractivity contribution in [2.75, 3.05) is 20.8 Å². The number of alkyl halides is 3. The molecule has 1 unspecified atom stereocenters. The van der Waals surface area contributed by atoms with Crippen molar-refractivity contribution in [3.63, 3.8) is 0 Å². The molecule has 0 saturated heterocycles. The summed E-state index contributed by atoms with van der Waals surface area (Å²) in [5, 5.41) is 0.977. The van der Waals surface area contributed by atoms with Crippen molar-refractivity contribution in [1.82, 2.24) is 4.90 Å². The van der Waals surface area contributed by atoms with E-state index < -0.39 is 12.8 Å². The molecule has 0 aliphatic heterocycles. The number of nitrogens with zero attached hydrogens (tertiary/aromatic N) is 1. The topological polar surface area (TPSA) is 51.9 Å². The van der Waals surface area contributed by atoms with Crippen molar-refractivity contribution < 1.29 is 31.9 Å². The number of benzene rings is 2. The Bertz CT molecular complexity index is 1010. The zero-order valence-electron chi connectivity index (χ0n) is 17.5. The van der Waals surface area contributed by atoms with Gasteiger partial charge in [-0.2, -0.15) is 13.2 Å². The van der Waals surface area contributed by atoms with E-state index in [0.717, 1.165) is 16.5 Å². The zero-order valence-corrected chi connectivity index (χ0v) is 17.5. The third-order valence-electron chi connectivity index (χ3n) is 5.08. The summed E-state index contributed by atoms with van der Waals surface area (Å²) >= 11 is 0. The summed E-state index contributed by atoms with van der Waals surface area (Å²) in [6, 6.07) is 14.0. The Kier molecular flexibility index (Phi) is 6.77. The lowest BCUT2D eigenvalue weighted by Gasteiger charge is -2.23. The van der Waals surface area contributed by atoms with Crippen LogP contribution in [-0.4, -0.2) is 37.7 Å². The first-order valence-electron chi connectivity index (χ1n) is 9.78. The first-order chi connectivity index (χ1) is 14.7. The van der Waals surface area contributed by atoms with Crippen molar-refractivity contribution >= 4 is 16.9 Å². The molecular formula is C23H24F3NO4. The maximum Gasteiger partial charge on any atom is 0.422 e. The van der Waals surface area contributed by atoms with Crippen LogP contribution in [0.3, 0.4) is 0 Å². The highest BCUT2D eigenvalue weighted by Crippen LogP contribution is 2.31. The maximum atomic E-state index is 12.7. The fourth-order valence-corrected chi connectivity index (χ4v) is 3.19. The van der Waals surface area contributed by atoms with E-state index in [0.29, 0.717) is 12.2 Å². The molecule has 0 radical (unpaired) electrons. The number of carbonyl (C=O) groups excluding carboxylic acids is 1. The van der Waals surface area contributed by atoms with E-state index in [2.05, 4.69) is 0 Å². The van der Waals surface area contributed by atoms with Crippen molar-refractivity contribution in [2.24, 2.45) is 0 Å². The molecule has 8 heteroatoms. The highest BCUT2D eigenvalue weighted by Gasteiger charge is 2.29. The molecule has 0 saturated carbocycles. The van der Waals surface area contributed by atoms with E-state index >= 15 is 0 Å². The number of furan rings is 1. The van der Waals surface area contributed by atoms with E-state index in [4.69, 9.17) is 13.9 Å². The third-order valence-corrected chi connectivity index (χ3v) is 5.08. The zero-order chi connectivity index (χ0) is 22.6. The normalized spacial score (nSPS) is 12.6. The summed E-state index contributed by atoms with van der Waals surface area (Å²) in [6.07, 6.45) is -3.80. The minimum Gasteiger partial charge on any atom is -0.493 e. The number of aryl methyl sites for hydroxylation is 1. The van der Waals surface area contributed by atoms with Crippen LogP contribution in [0.5, 0.6) is 11.5 Å². The average Bonchev–Trinajstić information content (AvgIpc) is 3.18. The Hall–Kier alpha value is -3.16. The fraction of sp³-hybridized carbons (Fsp3) is 0.348. The highest BCUT2D eigenvalue weighted by atomic mass is 19.4. The quantitative estimate of drug-likeness (QED) is 0.467. The summed E-state index contributed by atoms with van der Waals surface area (Å²) in [6.45, 7) is 0.497. The standard InChI is InChI=1S/C23H24F3NO4/c1-15(20-13-17-6-4-5-7-18(17)31-20)27(2)22(28)11-9-16-8-10-19(21(12-16)29-3)30-14-23(24,25)26/h4-8,10,12-13,15H,9,11,14H2,1-3H3. The van der Waals surface area contributed by atoms with Crippen molar-refractivity contribution in [3.8, 4) is 11.5 Å². The number of methoxy groups -OCH3 is 1. The van der Waals surface area contributed by atoms with Crippen LogP contribution < -0.4 is 9.47 Å². The van der Waals surface area contributed by atoms with Gasteiger partial charge in [0.25, 0.3) is 0 Å². The molecule has 0 aliphatic carbocycles. The van der Waals surface area contributed by atoms with Gasteiger partial charge in [0.2, 0.25) is 5.91 Å². The number of amides is 1. The Balaban J connectivity index is 1.61. The summed E-state index contributed by atoms with van der Waals surface area (Å²) < 4.78 is 52.9. The van der Waals surface area contributed by atoms with Gasteiger partial charge >= 0.3 is 6.18 Å². The predicted molar refractivity (Wildman–Crippen MR) is 110 cm³/mol. The van der Waals surface area contributed by atoms with Crippen LogP contribution >= 0.6 is 0 Å². The van der Waals surface area contributed by atoms with Crippen LogP contribution in [0, 0.1) is 0 Å². The van der Waals surface area contributed by atoms with Crippen LogP contribution in [0.2, 0.25) is 0 Å². The molecule has 0 bridgehead atoms. The minimum atomic E-state index is -4.43. The van der Waals surface area contributed by atoms with Crippen LogP contribution in [0.1, 0.15) is 30.7 Å². The highest BCUT2D eigenvalue weighted by molar-refractivity contribution is 5.79. The Morgan fingerprint density at radius 3 is 2.55 bits per heavy atom. The van der Waals surface area contributed by atoms with E-state index in [-0.39, 0.29) is 29.9 Å². The Morgan fingerprint density at radius 1 is 1.13 bits per heavy atom. The second-order valence-electron chi connectivity index (χ2n) is 7.26. The second-order valence-corrected chi connectivity index (χ2v) is 7.26. The summed E-state index contributed by atoms with van der Waals surface area (Å²) in [5.74, 6) is 0.818. The third kappa shape index (κ3) is 5.71. The van der Waals surface area contributed by atoms with E-state index in [9.17, 15) is 18.0 Å². The van der Waals surface area contributed by atoms with Crippen molar-refractivity contribution in [1.29, 1.82) is 0 Å². The lowest BCUT2D eigenvalue weighted by atomic mass is 10.1. The number of ether oxygens (including phenoxy) is 2. The molecule has 31 heavy (non-hydrogen) atoms. The minimum absolute atomic E-state index is 0.00512. The Morgan fingerprint density at radius 2 is 1.87 bits per heavy atom. The number of hydrogen-bond acceptors (Lipinski definition) is 4. The molecular weight excluding hydrogens is 411 g/mol. The molecule has 0 fully saturated rings. The molecule has 1 heterocycles. The monoisotopic (exact) mass is 435 g/mol. The lowest BCUT2D eigenvalue weighted by Crippen LogP contribution is -2.29. The van der Waals surface area contributed by atoms with E-state index in [1.807, 2.05) is 37.3 Å². The molecule has 0 N–H and O–H groups in total. The van der Waals surface area contributed by atoms with Crippen LogP contribution in [0.15, 0.2) is 52.9 Å². The number of para-hydroxylation sites is 1. The van der Waals surface area contributed by atoms with Gasteiger partial charge in [-0.25, -0.2) is 0 Å². The number of hydrogen-bond donors (Lipinski definition) is 0.